The first-order valence-electron chi connectivity index (χ1n) is 8.10. The molecule has 9 nitrogen and oxygen atoms in total. The molecular weight excluding hydrogens is 385 g/mol. The van der Waals surface area contributed by atoms with Crippen LogP contribution in [-0.2, 0) is 5.75 Å². The second-order valence-electron chi connectivity index (χ2n) is 5.62. The summed E-state index contributed by atoms with van der Waals surface area (Å²) in [5, 5.41) is 11.3. The van der Waals surface area contributed by atoms with Crippen molar-refractivity contribution < 1.29 is 13.2 Å². The van der Waals surface area contributed by atoms with E-state index < -0.39 is 0 Å². The van der Waals surface area contributed by atoms with Crippen LogP contribution in [0.5, 0.6) is 0 Å². The SMILES string of the molecule is Cc1occc1-c1nnc(SCc2nc(N)nc(Nc3ccc(F)cc3)n2)o1. The molecule has 3 aromatic heterocycles. The van der Waals surface area contributed by atoms with E-state index in [-0.39, 0.29) is 17.7 Å². The van der Waals surface area contributed by atoms with E-state index in [9.17, 15) is 4.39 Å². The summed E-state index contributed by atoms with van der Waals surface area (Å²) in [5.41, 5.74) is 7.13. The number of halogens is 1. The van der Waals surface area contributed by atoms with Crippen LogP contribution >= 0.6 is 11.8 Å². The normalized spacial score (nSPS) is 10.9. The first-order valence-corrected chi connectivity index (χ1v) is 9.09. The van der Waals surface area contributed by atoms with E-state index >= 15 is 0 Å². The molecule has 28 heavy (non-hydrogen) atoms. The molecule has 0 aliphatic carbocycles. The highest BCUT2D eigenvalue weighted by Crippen LogP contribution is 2.27. The summed E-state index contributed by atoms with van der Waals surface area (Å²) in [4.78, 5) is 12.4. The van der Waals surface area contributed by atoms with Gasteiger partial charge in [-0.05, 0) is 37.3 Å². The molecule has 0 spiro atoms. The van der Waals surface area contributed by atoms with Gasteiger partial charge in [0.1, 0.15) is 17.4 Å². The first-order chi connectivity index (χ1) is 13.6. The lowest BCUT2D eigenvalue weighted by Gasteiger charge is -2.06. The molecular formula is C17H14FN7O2S. The van der Waals surface area contributed by atoms with Crippen molar-refractivity contribution in [2.45, 2.75) is 17.9 Å². The Hall–Kier alpha value is -3.47. The van der Waals surface area contributed by atoms with Crippen molar-refractivity contribution >= 4 is 29.3 Å². The van der Waals surface area contributed by atoms with Crippen LogP contribution in [0.25, 0.3) is 11.5 Å². The molecule has 142 valence electrons. The number of aromatic nitrogens is 5. The van der Waals surface area contributed by atoms with Crippen molar-refractivity contribution in [2.24, 2.45) is 0 Å². The zero-order chi connectivity index (χ0) is 19.5. The number of nitrogens with zero attached hydrogens (tertiary/aromatic N) is 5. The summed E-state index contributed by atoms with van der Waals surface area (Å²) in [6.45, 7) is 1.82. The Labute approximate surface area is 162 Å². The first kappa shape index (κ1) is 17.9. The van der Waals surface area contributed by atoms with E-state index in [2.05, 4.69) is 30.5 Å². The number of thioether (sulfide) groups is 1. The molecule has 0 saturated carbocycles. The minimum atomic E-state index is -0.331. The maximum atomic E-state index is 13.0. The molecule has 4 aromatic rings. The zero-order valence-corrected chi connectivity index (χ0v) is 15.4. The summed E-state index contributed by atoms with van der Waals surface area (Å²) < 4.78 is 23.9. The van der Waals surface area contributed by atoms with Gasteiger partial charge >= 0.3 is 0 Å². The molecule has 11 heteroatoms. The number of aryl methyl sites for hydroxylation is 1. The van der Waals surface area contributed by atoms with Crippen LogP contribution in [0, 0.1) is 12.7 Å². The molecule has 4 rings (SSSR count). The molecule has 0 unspecified atom stereocenters. The van der Waals surface area contributed by atoms with Gasteiger partial charge in [-0.3, -0.25) is 0 Å². The molecule has 0 saturated heterocycles. The van der Waals surface area contributed by atoms with Crippen LogP contribution in [0.2, 0.25) is 0 Å². The Morgan fingerprint density at radius 2 is 1.93 bits per heavy atom. The van der Waals surface area contributed by atoms with Gasteiger partial charge in [0.2, 0.25) is 11.9 Å². The summed E-state index contributed by atoms with van der Waals surface area (Å²) >= 11 is 1.27. The second kappa shape index (κ2) is 7.64. The highest BCUT2D eigenvalue weighted by atomic mass is 32.2. The minimum absolute atomic E-state index is 0.0652. The van der Waals surface area contributed by atoms with Gasteiger partial charge < -0.3 is 19.9 Å². The van der Waals surface area contributed by atoms with Crippen molar-refractivity contribution in [3.63, 3.8) is 0 Å². The van der Waals surface area contributed by atoms with Gasteiger partial charge in [-0.15, -0.1) is 10.2 Å². The molecule has 0 atom stereocenters. The second-order valence-corrected chi connectivity index (χ2v) is 6.54. The standard InChI is InChI=1S/C17H14FN7O2S/c1-9-12(6-7-26-9)14-24-25-17(27-14)28-8-13-21-15(19)23-16(22-13)20-11-4-2-10(18)3-5-11/h2-7H,8H2,1H3,(H3,19,20,21,22,23). The highest BCUT2D eigenvalue weighted by molar-refractivity contribution is 7.98. The predicted molar refractivity (Wildman–Crippen MR) is 100 cm³/mol. The van der Waals surface area contributed by atoms with E-state index in [1.54, 1.807) is 24.5 Å². The third kappa shape index (κ3) is 4.09. The van der Waals surface area contributed by atoms with Gasteiger partial charge in [0.15, 0.2) is 0 Å². The molecule has 1 aromatic carbocycles. The fraction of sp³-hybridized carbons (Fsp3) is 0.118. The fourth-order valence-electron chi connectivity index (χ4n) is 2.33. The van der Waals surface area contributed by atoms with Crippen LogP contribution in [0.1, 0.15) is 11.6 Å². The number of nitrogens with one attached hydrogen (secondary N) is 1. The monoisotopic (exact) mass is 399 g/mol. The van der Waals surface area contributed by atoms with Gasteiger partial charge in [-0.2, -0.15) is 15.0 Å². The van der Waals surface area contributed by atoms with E-state index in [4.69, 9.17) is 14.6 Å². The number of anilines is 3. The average molecular weight is 399 g/mol. The van der Waals surface area contributed by atoms with E-state index in [1.807, 2.05) is 6.92 Å². The molecule has 0 amide bonds. The number of nitrogens with two attached hydrogens (primary N) is 1. The van der Waals surface area contributed by atoms with Crippen molar-refractivity contribution in [2.75, 3.05) is 11.1 Å². The summed E-state index contributed by atoms with van der Waals surface area (Å²) in [6.07, 6.45) is 1.56. The lowest BCUT2D eigenvalue weighted by atomic mass is 10.3. The lowest BCUT2D eigenvalue weighted by molar-refractivity contribution is 0.463. The lowest BCUT2D eigenvalue weighted by Crippen LogP contribution is -2.06. The Balaban J connectivity index is 1.45. The Morgan fingerprint density at radius 1 is 1.11 bits per heavy atom. The minimum Gasteiger partial charge on any atom is -0.469 e. The van der Waals surface area contributed by atoms with Crippen LogP contribution in [0.3, 0.4) is 0 Å². The Morgan fingerprint density at radius 3 is 2.68 bits per heavy atom. The van der Waals surface area contributed by atoms with Crippen molar-refractivity contribution in [3.8, 4) is 11.5 Å². The third-order valence-electron chi connectivity index (χ3n) is 3.62. The number of hydrogen-bond donors (Lipinski definition) is 2. The maximum absolute atomic E-state index is 13.0. The molecule has 0 radical (unpaired) electrons. The summed E-state index contributed by atoms with van der Waals surface area (Å²) in [6, 6.07) is 7.57. The smallest absolute Gasteiger partial charge is 0.277 e. The largest absolute Gasteiger partial charge is 0.469 e. The van der Waals surface area contributed by atoms with Gasteiger partial charge in [-0.25, -0.2) is 4.39 Å². The Kier molecular flexibility index (Phi) is 4.89. The molecule has 0 aliphatic heterocycles. The number of furan rings is 1. The Bertz CT molecular complexity index is 1100. The topological polar surface area (TPSA) is 129 Å². The molecule has 0 bridgehead atoms. The van der Waals surface area contributed by atoms with Crippen LogP contribution in [0.4, 0.5) is 22.0 Å². The van der Waals surface area contributed by atoms with Crippen molar-refractivity contribution in [1.29, 1.82) is 0 Å². The van der Waals surface area contributed by atoms with E-state index in [0.29, 0.717) is 34.1 Å². The third-order valence-corrected chi connectivity index (χ3v) is 4.43. The summed E-state index contributed by atoms with van der Waals surface area (Å²) in [7, 11) is 0. The van der Waals surface area contributed by atoms with Crippen LogP contribution in [0.15, 0.2) is 50.7 Å². The van der Waals surface area contributed by atoms with E-state index in [0.717, 1.165) is 5.56 Å². The highest BCUT2D eigenvalue weighted by Gasteiger charge is 2.14. The maximum Gasteiger partial charge on any atom is 0.277 e. The number of nitrogen functional groups attached to an aromatic ring is 1. The fourth-order valence-corrected chi connectivity index (χ4v) is 2.95. The van der Waals surface area contributed by atoms with Crippen LogP contribution in [-0.4, -0.2) is 25.1 Å². The van der Waals surface area contributed by atoms with Crippen molar-refractivity contribution in [3.05, 3.63) is 54.0 Å². The molecule has 3 heterocycles. The molecule has 0 aliphatic rings. The number of rotatable bonds is 6. The summed E-state index contributed by atoms with van der Waals surface area (Å²) in [5.74, 6) is 1.84. The number of hydrogen-bond acceptors (Lipinski definition) is 10. The quantitative estimate of drug-likeness (QED) is 0.464. The van der Waals surface area contributed by atoms with E-state index in [1.165, 1.54) is 23.9 Å². The number of benzene rings is 1. The van der Waals surface area contributed by atoms with Gasteiger partial charge in [-0.1, -0.05) is 11.8 Å². The zero-order valence-electron chi connectivity index (χ0n) is 14.6. The molecule has 0 fully saturated rings. The van der Waals surface area contributed by atoms with Gasteiger partial charge in [0.05, 0.1) is 17.6 Å². The van der Waals surface area contributed by atoms with Crippen molar-refractivity contribution in [1.82, 2.24) is 25.1 Å². The van der Waals surface area contributed by atoms with Gasteiger partial charge in [0, 0.05) is 5.69 Å². The van der Waals surface area contributed by atoms with Crippen LogP contribution < -0.4 is 11.1 Å². The average Bonchev–Trinajstić information content (AvgIpc) is 3.30. The molecule has 3 N–H and O–H groups in total. The predicted octanol–water partition coefficient (Wildman–Crippen LogP) is 3.58. The van der Waals surface area contributed by atoms with Gasteiger partial charge in [0.25, 0.3) is 11.1 Å².